The Morgan fingerprint density at radius 3 is 2.75 bits per heavy atom. The Labute approximate surface area is 150 Å². The number of hydrogen-bond acceptors (Lipinski definition) is 6. The van der Waals surface area contributed by atoms with E-state index < -0.39 is 0 Å². The van der Waals surface area contributed by atoms with E-state index in [1.165, 1.54) is 4.88 Å². The Balaban J connectivity index is 1.41. The fourth-order valence-corrected chi connectivity index (χ4v) is 4.26. The van der Waals surface area contributed by atoms with Gasteiger partial charge in [-0.2, -0.15) is 0 Å². The highest BCUT2D eigenvalue weighted by atomic mass is 32.1. The number of aryl methyl sites for hydroxylation is 2. The zero-order valence-corrected chi connectivity index (χ0v) is 15.8. The van der Waals surface area contributed by atoms with Crippen molar-refractivity contribution in [3.63, 3.8) is 0 Å². The molecular weight excluding hydrogens is 342 g/mol. The largest absolute Gasteiger partial charge is 0.332 e. The molecule has 0 unspecified atom stereocenters. The second-order valence-corrected chi connectivity index (χ2v) is 8.12. The van der Waals surface area contributed by atoms with Crippen LogP contribution in [-0.4, -0.2) is 52.0 Å². The molecule has 130 valence electrons. The summed E-state index contributed by atoms with van der Waals surface area (Å²) in [6.45, 7) is 8.90. The topological polar surface area (TPSA) is 61.4 Å². The Morgan fingerprint density at radius 1 is 1.33 bits per heavy atom. The van der Waals surface area contributed by atoms with Gasteiger partial charge in [-0.05, 0) is 13.3 Å². The number of rotatable bonds is 5. The third kappa shape index (κ3) is 4.52. The number of urea groups is 1. The highest BCUT2D eigenvalue weighted by Crippen LogP contribution is 2.15. The van der Waals surface area contributed by atoms with E-state index >= 15 is 0 Å². The Kier molecular flexibility index (Phi) is 5.80. The van der Waals surface area contributed by atoms with Crippen LogP contribution in [0, 0.1) is 6.92 Å². The van der Waals surface area contributed by atoms with Gasteiger partial charge in [0, 0.05) is 49.2 Å². The molecule has 1 N–H and O–H groups in total. The van der Waals surface area contributed by atoms with E-state index in [1.54, 1.807) is 22.7 Å². The van der Waals surface area contributed by atoms with Crippen LogP contribution in [0.4, 0.5) is 4.79 Å². The van der Waals surface area contributed by atoms with Crippen molar-refractivity contribution in [3.8, 4) is 0 Å². The second-order valence-electron chi connectivity index (χ2n) is 5.85. The van der Waals surface area contributed by atoms with Gasteiger partial charge in [0.2, 0.25) is 0 Å². The smallest absolute Gasteiger partial charge is 0.317 e. The van der Waals surface area contributed by atoms with Crippen LogP contribution in [0.1, 0.15) is 27.5 Å². The summed E-state index contributed by atoms with van der Waals surface area (Å²) in [5.41, 5.74) is 0.949. The molecule has 1 aliphatic rings. The molecule has 0 bridgehead atoms. The van der Waals surface area contributed by atoms with Gasteiger partial charge in [-0.3, -0.25) is 4.90 Å². The molecule has 2 aromatic heterocycles. The highest BCUT2D eigenvalue weighted by molar-refractivity contribution is 7.11. The van der Waals surface area contributed by atoms with Crippen molar-refractivity contribution in [2.24, 2.45) is 0 Å². The molecule has 0 atom stereocenters. The third-order valence-electron chi connectivity index (χ3n) is 4.03. The lowest BCUT2D eigenvalue weighted by Crippen LogP contribution is -2.51. The molecule has 1 aliphatic heterocycles. The first-order chi connectivity index (χ1) is 11.6. The van der Waals surface area contributed by atoms with E-state index in [9.17, 15) is 4.79 Å². The summed E-state index contributed by atoms with van der Waals surface area (Å²) >= 11 is 3.40. The number of carbonyl (C=O) groups is 1. The molecule has 6 nitrogen and oxygen atoms in total. The predicted octanol–water partition coefficient (Wildman–Crippen LogP) is 2.50. The van der Waals surface area contributed by atoms with Crippen molar-refractivity contribution in [1.29, 1.82) is 0 Å². The van der Waals surface area contributed by atoms with Crippen LogP contribution in [0.5, 0.6) is 0 Å². The summed E-state index contributed by atoms with van der Waals surface area (Å²) in [7, 11) is 0. The van der Waals surface area contributed by atoms with Crippen molar-refractivity contribution >= 4 is 28.7 Å². The lowest BCUT2D eigenvalue weighted by atomic mass is 10.3. The predicted molar refractivity (Wildman–Crippen MR) is 97.4 cm³/mol. The van der Waals surface area contributed by atoms with E-state index in [0.29, 0.717) is 6.54 Å². The maximum absolute atomic E-state index is 12.3. The molecule has 0 saturated carbocycles. The molecule has 3 rings (SSSR count). The molecular formula is C16H23N5OS2. The van der Waals surface area contributed by atoms with Crippen LogP contribution < -0.4 is 5.32 Å². The normalized spacial score (nSPS) is 15.7. The first-order valence-corrected chi connectivity index (χ1v) is 9.93. The van der Waals surface area contributed by atoms with Gasteiger partial charge in [0.05, 0.1) is 22.3 Å². The molecule has 2 amide bonds. The van der Waals surface area contributed by atoms with Gasteiger partial charge >= 0.3 is 6.03 Å². The number of hydrogen-bond donors (Lipinski definition) is 1. The number of piperazine rings is 1. The zero-order valence-electron chi connectivity index (χ0n) is 14.1. The standard InChI is InChI=1S/C16H23N5OS2/c1-3-15-19-13(11-23-15)8-18-16(22)21-6-4-20(5-7-21)10-14-9-17-12(2)24-14/h9,11H,3-8,10H2,1-2H3,(H,18,22). The van der Waals surface area contributed by atoms with Gasteiger partial charge < -0.3 is 10.2 Å². The summed E-state index contributed by atoms with van der Waals surface area (Å²) in [6.07, 6.45) is 2.90. The van der Waals surface area contributed by atoms with Gasteiger partial charge in [0.25, 0.3) is 0 Å². The fraction of sp³-hybridized carbons (Fsp3) is 0.562. The average Bonchev–Trinajstić information content (AvgIpc) is 3.22. The number of aromatic nitrogens is 2. The van der Waals surface area contributed by atoms with Crippen molar-refractivity contribution in [3.05, 3.63) is 32.2 Å². The van der Waals surface area contributed by atoms with Gasteiger partial charge in [-0.1, -0.05) is 6.92 Å². The average molecular weight is 366 g/mol. The maximum atomic E-state index is 12.3. The van der Waals surface area contributed by atoms with Crippen molar-refractivity contribution in [2.45, 2.75) is 33.4 Å². The molecule has 0 aliphatic carbocycles. The first-order valence-electron chi connectivity index (χ1n) is 8.23. The van der Waals surface area contributed by atoms with Gasteiger partial charge in [-0.15, -0.1) is 22.7 Å². The van der Waals surface area contributed by atoms with Crippen LogP contribution >= 0.6 is 22.7 Å². The molecule has 0 radical (unpaired) electrons. The number of carbonyl (C=O) groups excluding carboxylic acids is 1. The molecule has 3 heterocycles. The summed E-state index contributed by atoms with van der Waals surface area (Å²) in [5.74, 6) is 0. The van der Waals surface area contributed by atoms with Gasteiger partial charge in [-0.25, -0.2) is 14.8 Å². The van der Waals surface area contributed by atoms with Crippen LogP contribution in [-0.2, 0) is 19.5 Å². The maximum Gasteiger partial charge on any atom is 0.317 e. The van der Waals surface area contributed by atoms with Crippen molar-refractivity contribution < 1.29 is 4.79 Å². The van der Waals surface area contributed by atoms with Gasteiger partial charge in [0.1, 0.15) is 0 Å². The minimum Gasteiger partial charge on any atom is -0.332 e. The van der Waals surface area contributed by atoms with Crippen LogP contribution in [0.25, 0.3) is 0 Å². The van der Waals surface area contributed by atoms with E-state index in [4.69, 9.17) is 0 Å². The number of thiazole rings is 2. The SMILES string of the molecule is CCc1nc(CNC(=O)N2CCN(Cc3cnc(C)s3)CC2)cs1. The molecule has 8 heteroatoms. The summed E-state index contributed by atoms with van der Waals surface area (Å²) < 4.78 is 0. The molecule has 1 fully saturated rings. The van der Waals surface area contributed by atoms with Gasteiger partial charge in [0.15, 0.2) is 0 Å². The van der Waals surface area contributed by atoms with Crippen molar-refractivity contribution in [2.75, 3.05) is 26.2 Å². The zero-order chi connectivity index (χ0) is 16.9. The number of amides is 2. The molecule has 0 spiro atoms. The van der Waals surface area contributed by atoms with Crippen LogP contribution in [0.3, 0.4) is 0 Å². The summed E-state index contributed by atoms with van der Waals surface area (Å²) in [5, 5.41) is 7.23. The number of nitrogens with one attached hydrogen (secondary N) is 1. The fourth-order valence-electron chi connectivity index (χ4n) is 2.68. The Hall–Kier alpha value is -1.51. The Bertz CT molecular complexity index is 676. The number of nitrogens with zero attached hydrogens (tertiary/aromatic N) is 4. The Morgan fingerprint density at radius 2 is 2.12 bits per heavy atom. The third-order valence-corrected chi connectivity index (χ3v) is 5.97. The minimum absolute atomic E-state index is 0.00864. The molecule has 1 saturated heterocycles. The first kappa shape index (κ1) is 17.3. The quantitative estimate of drug-likeness (QED) is 0.884. The highest BCUT2D eigenvalue weighted by Gasteiger charge is 2.21. The molecule has 0 aromatic carbocycles. The van der Waals surface area contributed by atoms with E-state index in [1.807, 2.05) is 23.4 Å². The van der Waals surface area contributed by atoms with Crippen LogP contribution in [0.15, 0.2) is 11.6 Å². The van der Waals surface area contributed by atoms with E-state index in [-0.39, 0.29) is 6.03 Å². The lowest BCUT2D eigenvalue weighted by molar-refractivity contribution is 0.135. The molecule has 24 heavy (non-hydrogen) atoms. The van der Waals surface area contributed by atoms with Crippen molar-refractivity contribution in [1.82, 2.24) is 25.1 Å². The molecule has 2 aromatic rings. The summed E-state index contributed by atoms with van der Waals surface area (Å²) in [4.78, 5) is 26.6. The minimum atomic E-state index is 0.00864. The van der Waals surface area contributed by atoms with E-state index in [2.05, 4.69) is 27.1 Å². The van der Waals surface area contributed by atoms with E-state index in [0.717, 1.165) is 54.9 Å². The second kappa shape index (κ2) is 8.04. The lowest BCUT2D eigenvalue weighted by Gasteiger charge is -2.34. The summed E-state index contributed by atoms with van der Waals surface area (Å²) in [6, 6.07) is 0.00864. The van der Waals surface area contributed by atoms with Crippen LogP contribution in [0.2, 0.25) is 0 Å². The monoisotopic (exact) mass is 365 g/mol.